The van der Waals surface area contributed by atoms with Crippen molar-refractivity contribution < 1.29 is 22.8 Å². The number of urea groups is 1. The molecule has 8 heteroatoms. The highest BCUT2D eigenvalue weighted by atomic mass is 19.4. The van der Waals surface area contributed by atoms with Crippen molar-refractivity contribution >= 4 is 11.9 Å². The lowest BCUT2D eigenvalue weighted by Crippen LogP contribution is -2.43. The van der Waals surface area contributed by atoms with Gasteiger partial charge in [0.1, 0.15) is 6.04 Å². The van der Waals surface area contributed by atoms with Crippen molar-refractivity contribution in [2.45, 2.75) is 25.7 Å². The van der Waals surface area contributed by atoms with E-state index in [9.17, 15) is 22.8 Å². The molecule has 126 valence electrons. The van der Waals surface area contributed by atoms with Gasteiger partial charge in [0.2, 0.25) is 5.91 Å². The van der Waals surface area contributed by atoms with Crippen LogP contribution in [0.1, 0.15) is 16.7 Å². The number of hydrogen-bond acceptors (Lipinski definition) is 2. The molecule has 0 aromatic heterocycles. The van der Waals surface area contributed by atoms with E-state index < -0.39 is 17.8 Å². The highest BCUT2D eigenvalue weighted by molar-refractivity contribution is 5.90. The summed E-state index contributed by atoms with van der Waals surface area (Å²) in [6.45, 7) is 1.61. The third-order valence-corrected chi connectivity index (χ3v) is 4.05. The number of likely N-dealkylation sites (N-methyl/N-ethyl adjacent to an activating group) is 2. The van der Waals surface area contributed by atoms with E-state index in [-0.39, 0.29) is 30.6 Å². The molecule has 0 radical (unpaired) electrons. The zero-order chi connectivity index (χ0) is 17.4. The lowest BCUT2D eigenvalue weighted by molar-refractivity contribution is -0.138. The maximum Gasteiger partial charge on any atom is 0.416 e. The molecule has 0 spiro atoms. The molecule has 0 aliphatic carbocycles. The molecule has 1 heterocycles. The summed E-state index contributed by atoms with van der Waals surface area (Å²) in [5.74, 6) is -0.387. The van der Waals surface area contributed by atoms with Gasteiger partial charge >= 0.3 is 12.2 Å². The molecule has 0 bridgehead atoms. The molecule has 1 aromatic carbocycles. The molecule has 1 fully saturated rings. The molecule has 1 atom stereocenters. The first kappa shape index (κ1) is 17.1. The zero-order valence-electron chi connectivity index (χ0n) is 13.1. The Morgan fingerprint density at radius 1 is 1.35 bits per heavy atom. The summed E-state index contributed by atoms with van der Waals surface area (Å²) >= 11 is 0. The van der Waals surface area contributed by atoms with Gasteiger partial charge in [-0.15, -0.1) is 0 Å². The molecule has 1 unspecified atom stereocenters. The molecule has 5 nitrogen and oxygen atoms in total. The minimum Gasteiger partial charge on any atom is -0.350 e. The van der Waals surface area contributed by atoms with E-state index in [1.807, 2.05) is 0 Å². The van der Waals surface area contributed by atoms with Crippen LogP contribution in [0.15, 0.2) is 18.2 Å². The fraction of sp³-hybridized carbons (Fsp3) is 0.467. The van der Waals surface area contributed by atoms with Crippen molar-refractivity contribution in [2.24, 2.45) is 0 Å². The predicted octanol–water partition coefficient (Wildman–Crippen LogP) is 2.00. The number of amides is 3. The van der Waals surface area contributed by atoms with Gasteiger partial charge in [-0.3, -0.25) is 4.79 Å². The Hall–Kier alpha value is -2.25. The largest absolute Gasteiger partial charge is 0.416 e. The van der Waals surface area contributed by atoms with Gasteiger partial charge in [-0.25, -0.2) is 4.79 Å². The normalized spacial score (nSPS) is 18.5. The maximum atomic E-state index is 12.9. The Morgan fingerprint density at radius 2 is 2.00 bits per heavy atom. The van der Waals surface area contributed by atoms with E-state index in [2.05, 4.69) is 5.32 Å². The van der Waals surface area contributed by atoms with Gasteiger partial charge in [-0.05, 0) is 24.1 Å². The van der Waals surface area contributed by atoms with Crippen molar-refractivity contribution in [3.8, 4) is 0 Å². The highest BCUT2D eigenvalue weighted by Gasteiger charge is 2.37. The molecule has 2 rings (SSSR count). The monoisotopic (exact) mass is 329 g/mol. The van der Waals surface area contributed by atoms with Crippen molar-refractivity contribution in [3.05, 3.63) is 34.9 Å². The van der Waals surface area contributed by atoms with E-state index in [0.29, 0.717) is 5.56 Å². The Bertz CT molecular complexity index is 631. The van der Waals surface area contributed by atoms with Crippen LogP contribution in [0.3, 0.4) is 0 Å². The number of halogens is 3. The molecular formula is C15H18F3N3O2. The molecule has 23 heavy (non-hydrogen) atoms. The van der Waals surface area contributed by atoms with Gasteiger partial charge in [-0.2, -0.15) is 13.2 Å². The molecular weight excluding hydrogens is 311 g/mol. The Balaban J connectivity index is 2.07. The molecule has 3 amide bonds. The number of hydrogen-bond donors (Lipinski definition) is 1. The van der Waals surface area contributed by atoms with Gasteiger partial charge in [-0.1, -0.05) is 12.1 Å². The first-order valence-electron chi connectivity index (χ1n) is 7.04. The maximum absolute atomic E-state index is 12.9. The van der Waals surface area contributed by atoms with Crippen LogP contribution >= 0.6 is 0 Å². The molecule has 1 aliphatic rings. The van der Waals surface area contributed by atoms with Crippen LogP contribution < -0.4 is 5.32 Å². The van der Waals surface area contributed by atoms with E-state index >= 15 is 0 Å². The third kappa shape index (κ3) is 3.40. The standard InChI is InChI=1S/C15H18F3N3O2/c1-9-10(5-4-6-11(9)15(16,17)18)7-19-13(22)12-8-20(2)14(23)21(12)3/h4-6,12H,7-8H2,1-3H3,(H,19,22). The summed E-state index contributed by atoms with van der Waals surface area (Å²) in [7, 11) is 3.11. The van der Waals surface area contributed by atoms with Gasteiger partial charge in [0, 0.05) is 20.6 Å². The number of nitrogens with zero attached hydrogens (tertiary/aromatic N) is 2. The molecule has 0 saturated carbocycles. The summed E-state index contributed by atoms with van der Waals surface area (Å²) in [5.41, 5.74) is -0.223. The van der Waals surface area contributed by atoms with Gasteiger partial charge in [0.05, 0.1) is 12.1 Å². The average molecular weight is 329 g/mol. The van der Waals surface area contributed by atoms with Crippen LogP contribution in [0.5, 0.6) is 0 Å². The lowest BCUT2D eigenvalue weighted by Gasteiger charge is -2.18. The SMILES string of the molecule is Cc1c(CNC(=O)C2CN(C)C(=O)N2C)cccc1C(F)(F)F. The molecule has 1 saturated heterocycles. The number of benzene rings is 1. The predicted molar refractivity (Wildman–Crippen MR) is 77.6 cm³/mol. The first-order valence-corrected chi connectivity index (χ1v) is 7.04. The summed E-state index contributed by atoms with van der Waals surface area (Å²) in [4.78, 5) is 26.5. The van der Waals surface area contributed by atoms with Crippen LogP contribution in [-0.2, 0) is 17.5 Å². The fourth-order valence-electron chi connectivity index (χ4n) is 2.60. The second-order valence-corrected chi connectivity index (χ2v) is 5.60. The van der Waals surface area contributed by atoms with Crippen molar-refractivity contribution in [2.75, 3.05) is 20.6 Å². The highest BCUT2D eigenvalue weighted by Crippen LogP contribution is 2.32. The van der Waals surface area contributed by atoms with Crippen LogP contribution in [0.2, 0.25) is 0 Å². The topological polar surface area (TPSA) is 52.7 Å². The Morgan fingerprint density at radius 3 is 2.52 bits per heavy atom. The first-order chi connectivity index (χ1) is 10.6. The summed E-state index contributed by atoms with van der Waals surface area (Å²) in [6, 6.07) is 2.97. The van der Waals surface area contributed by atoms with Crippen LogP contribution in [0.4, 0.5) is 18.0 Å². The second kappa shape index (κ2) is 6.10. The number of alkyl halides is 3. The van der Waals surface area contributed by atoms with Gasteiger partial charge < -0.3 is 15.1 Å². The summed E-state index contributed by atoms with van der Waals surface area (Å²) in [5, 5.41) is 2.61. The van der Waals surface area contributed by atoms with E-state index in [4.69, 9.17) is 0 Å². The lowest BCUT2D eigenvalue weighted by atomic mass is 10.0. The van der Waals surface area contributed by atoms with Crippen molar-refractivity contribution in [3.63, 3.8) is 0 Å². The smallest absolute Gasteiger partial charge is 0.350 e. The average Bonchev–Trinajstić information content (AvgIpc) is 2.72. The molecule has 1 aromatic rings. The van der Waals surface area contributed by atoms with Gasteiger partial charge in [0.25, 0.3) is 0 Å². The number of nitrogens with one attached hydrogen (secondary N) is 1. The fourth-order valence-corrected chi connectivity index (χ4v) is 2.60. The summed E-state index contributed by atoms with van der Waals surface area (Å²) < 4.78 is 38.6. The minimum atomic E-state index is -4.43. The van der Waals surface area contributed by atoms with Crippen molar-refractivity contribution in [1.82, 2.24) is 15.1 Å². The van der Waals surface area contributed by atoms with E-state index in [1.165, 1.54) is 29.8 Å². The second-order valence-electron chi connectivity index (χ2n) is 5.60. The minimum absolute atomic E-state index is 0.0170. The third-order valence-electron chi connectivity index (χ3n) is 4.05. The van der Waals surface area contributed by atoms with Gasteiger partial charge in [0.15, 0.2) is 0 Å². The van der Waals surface area contributed by atoms with E-state index in [1.54, 1.807) is 13.1 Å². The quantitative estimate of drug-likeness (QED) is 0.922. The van der Waals surface area contributed by atoms with Crippen LogP contribution in [0, 0.1) is 6.92 Å². The Kier molecular flexibility index (Phi) is 4.53. The number of carbonyl (C=O) groups excluding carboxylic acids is 2. The number of carbonyl (C=O) groups is 2. The molecule has 1 aliphatic heterocycles. The number of rotatable bonds is 3. The van der Waals surface area contributed by atoms with Crippen LogP contribution in [0.25, 0.3) is 0 Å². The zero-order valence-corrected chi connectivity index (χ0v) is 13.1. The van der Waals surface area contributed by atoms with Crippen molar-refractivity contribution in [1.29, 1.82) is 0 Å². The van der Waals surface area contributed by atoms with Crippen LogP contribution in [-0.4, -0.2) is 48.4 Å². The summed E-state index contributed by atoms with van der Waals surface area (Å²) in [6.07, 6.45) is -4.43. The molecule has 1 N–H and O–H groups in total. The Labute approximate surface area is 132 Å². The van der Waals surface area contributed by atoms with E-state index in [0.717, 1.165) is 6.07 Å².